The number of fused-ring (bicyclic) bond motifs is 6. The molecule has 17 heteroatoms. The zero-order valence-electron chi connectivity index (χ0n) is 33.6. The smallest absolute Gasteiger partial charge is 0.412 e. The maximum Gasteiger partial charge on any atom is 0.412 e. The lowest BCUT2D eigenvalue weighted by atomic mass is 9.90. The molecular weight excluding hydrogens is 773 g/mol. The first kappa shape index (κ1) is 39.9. The number of thiophene rings is 1. The average Bonchev–Trinajstić information content (AvgIpc) is 3.89. The Balaban J connectivity index is 1.29. The van der Waals surface area contributed by atoms with Gasteiger partial charge in [0.1, 0.15) is 46.0 Å². The fourth-order valence-electron chi connectivity index (χ4n) is 8.65. The van der Waals surface area contributed by atoms with Crippen LogP contribution in [0.1, 0.15) is 77.5 Å². The number of aromatic nitrogens is 2. The third kappa shape index (κ3) is 7.35. The third-order valence-electron chi connectivity index (χ3n) is 11.0. The number of carbonyl (C=O) groups excluding carboxylic acids is 2. The van der Waals surface area contributed by atoms with Gasteiger partial charge in [-0.2, -0.15) is 15.2 Å². The lowest BCUT2D eigenvalue weighted by molar-refractivity contribution is 0.0209. The number of nitrogens with one attached hydrogen (secondary N) is 1. The van der Waals surface area contributed by atoms with Gasteiger partial charge in [-0.3, -0.25) is 10.2 Å². The lowest BCUT2D eigenvalue weighted by Gasteiger charge is -2.42. The van der Waals surface area contributed by atoms with Crippen LogP contribution in [0.15, 0.2) is 12.1 Å². The first-order chi connectivity index (χ1) is 27.4. The van der Waals surface area contributed by atoms with Crippen molar-refractivity contribution in [1.29, 1.82) is 5.26 Å². The molecule has 2 aromatic carbocycles. The Morgan fingerprint density at radius 3 is 2.33 bits per heavy atom. The Morgan fingerprint density at radius 2 is 1.69 bits per heavy atom. The van der Waals surface area contributed by atoms with Crippen LogP contribution in [0.3, 0.4) is 0 Å². The van der Waals surface area contributed by atoms with E-state index in [9.17, 15) is 20.0 Å². The average molecular weight is 820 g/mol. The summed E-state index contributed by atoms with van der Waals surface area (Å²) in [6.07, 6.45) is 0.264. The number of hydrogen-bond acceptors (Lipinski definition) is 13. The highest BCUT2D eigenvalue weighted by Gasteiger charge is 2.45. The van der Waals surface area contributed by atoms with E-state index in [0.717, 1.165) is 24.2 Å². The summed E-state index contributed by atoms with van der Waals surface area (Å²) < 4.78 is 58.0. The summed E-state index contributed by atoms with van der Waals surface area (Å²) >= 11 is 1.05. The maximum atomic E-state index is 17.8. The normalized spacial score (nSPS) is 22.1. The van der Waals surface area contributed by atoms with Gasteiger partial charge in [-0.05, 0) is 91.1 Å². The molecule has 6 heterocycles. The zero-order chi connectivity index (χ0) is 41.4. The number of ether oxygens (including phenoxy) is 4. The minimum absolute atomic E-state index is 0.0396. The van der Waals surface area contributed by atoms with E-state index >= 15 is 8.78 Å². The van der Waals surface area contributed by atoms with Crippen LogP contribution in [0, 0.1) is 23.0 Å². The molecule has 0 spiro atoms. The second kappa shape index (κ2) is 14.7. The van der Waals surface area contributed by atoms with Crippen LogP contribution in [0.4, 0.5) is 29.2 Å². The van der Waals surface area contributed by atoms with Crippen molar-refractivity contribution < 1.29 is 42.4 Å². The van der Waals surface area contributed by atoms with Crippen molar-refractivity contribution in [1.82, 2.24) is 19.8 Å². The highest BCUT2D eigenvalue weighted by Crippen LogP contribution is 2.49. The minimum Gasteiger partial charge on any atom is -0.462 e. The second-order valence-electron chi connectivity index (χ2n) is 17.5. The molecule has 3 saturated heterocycles. The minimum atomic E-state index is -0.843. The number of likely N-dealkylation sites (N-methyl/N-ethyl adjacent to an activating group) is 1. The van der Waals surface area contributed by atoms with Gasteiger partial charge in [0.15, 0.2) is 5.82 Å². The molecule has 308 valence electrons. The number of aliphatic hydroxyl groups excluding tert-OH is 1. The van der Waals surface area contributed by atoms with Crippen molar-refractivity contribution in [3.05, 3.63) is 40.5 Å². The van der Waals surface area contributed by atoms with Gasteiger partial charge in [0.25, 0.3) is 0 Å². The van der Waals surface area contributed by atoms with Gasteiger partial charge in [0.2, 0.25) is 0 Å². The van der Waals surface area contributed by atoms with Gasteiger partial charge < -0.3 is 33.9 Å². The molecule has 3 fully saturated rings. The number of piperazine rings is 1. The molecule has 4 aliphatic heterocycles. The van der Waals surface area contributed by atoms with Crippen molar-refractivity contribution in [2.75, 3.05) is 43.5 Å². The number of amides is 2. The Bertz CT molecular complexity index is 2360. The van der Waals surface area contributed by atoms with Crippen molar-refractivity contribution in [3.8, 4) is 23.2 Å². The summed E-state index contributed by atoms with van der Waals surface area (Å²) in [7, 11) is 1.89. The first-order valence-corrected chi connectivity index (χ1v) is 20.3. The summed E-state index contributed by atoms with van der Waals surface area (Å²) in [4.78, 5) is 41.5. The van der Waals surface area contributed by atoms with Crippen molar-refractivity contribution in [2.45, 2.75) is 109 Å². The molecule has 14 nitrogen and oxygen atoms in total. The van der Waals surface area contributed by atoms with Crippen LogP contribution in [0.25, 0.3) is 32.1 Å². The summed E-state index contributed by atoms with van der Waals surface area (Å²) in [5, 5.41) is 24.0. The topological polar surface area (TPSA) is 163 Å². The Hall–Kier alpha value is -4.89. The predicted molar refractivity (Wildman–Crippen MR) is 213 cm³/mol. The molecule has 4 aromatic rings. The van der Waals surface area contributed by atoms with Gasteiger partial charge in [-0.1, -0.05) is 0 Å². The summed E-state index contributed by atoms with van der Waals surface area (Å²) in [6, 6.07) is 4.22. The molecule has 4 aliphatic rings. The van der Waals surface area contributed by atoms with Crippen LogP contribution in [0.2, 0.25) is 0 Å². The SMILES string of the molecule is CN1C[C@H](O)C[C@H]1COc1nc(N2C3CCC2CN(C(=O)OC(C)(C)C)C3)c2c3c(c(-c4c(F)ccc5sc(NC(=O)OC(C)(C)C)c(C#N)c45)c(F)c2n1)COC3. The second-order valence-corrected chi connectivity index (χ2v) is 18.6. The van der Waals surface area contributed by atoms with Gasteiger partial charge in [0, 0.05) is 59.0 Å². The number of benzene rings is 2. The van der Waals surface area contributed by atoms with Crippen molar-refractivity contribution in [2.24, 2.45) is 0 Å². The van der Waals surface area contributed by atoms with E-state index in [1.807, 2.05) is 32.7 Å². The van der Waals surface area contributed by atoms with Crippen molar-refractivity contribution in [3.63, 3.8) is 0 Å². The van der Waals surface area contributed by atoms with Crippen LogP contribution in [0.5, 0.6) is 6.01 Å². The number of halogens is 2. The fraction of sp³-hybridized carbons (Fsp3) is 0.537. The maximum absolute atomic E-state index is 17.8. The molecule has 0 saturated carbocycles. The lowest BCUT2D eigenvalue weighted by Crippen LogP contribution is -2.56. The number of likely N-dealkylation sites (tertiary alicyclic amines) is 2. The van der Waals surface area contributed by atoms with Gasteiger partial charge in [0.05, 0.1) is 30.3 Å². The molecule has 2 aromatic heterocycles. The number of aliphatic hydroxyl groups is 1. The van der Waals surface area contributed by atoms with E-state index in [1.54, 1.807) is 25.7 Å². The first-order valence-electron chi connectivity index (χ1n) is 19.5. The quantitative estimate of drug-likeness (QED) is 0.204. The molecule has 2 amide bonds. The predicted octanol–water partition coefficient (Wildman–Crippen LogP) is 7.07. The van der Waals surface area contributed by atoms with Crippen molar-refractivity contribution >= 4 is 55.3 Å². The van der Waals surface area contributed by atoms with E-state index in [2.05, 4.69) is 21.3 Å². The number of nitriles is 1. The Kier molecular flexibility index (Phi) is 10.1. The van der Waals surface area contributed by atoms with E-state index < -0.39 is 41.1 Å². The van der Waals surface area contributed by atoms with Gasteiger partial charge >= 0.3 is 18.2 Å². The molecule has 58 heavy (non-hydrogen) atoms. The number of β-amino-alcohol motifs (C(OH)–C–C–N with tert-alkyl or cyclic N) is 1. The molecule has 2 unspecified atom stereocenters. The van der Waals surface area contributed by atoms with E-state index in [-0.39, 0.29) is 76.6 Å². The number of rotatable bonds is 6. The van der Waals surface area contributed by atoms with Crippen LogP contribution < -0.4 is 15.0 Å². The monoisotopic (exact) mass is 819 g/mol. The number of nitrogens with zero attached hydrogens (tertiary/aromatic N) is 6. The largest absolute Gasteiger partial charge is 0.462 e. The molecule has 2 bridgehead atoms. The summed E-state index contributed by atoms with van der Waals surface area (Å²) in [6.45, 7) is 11.9. The highest BCUT2D eigenvalue weighted by atomic mass is 32.1. The molecule has 0 aliphatic carbocycles. The van der Waals surface area contributed by atoms with E-state index in [1.165, 1.54) is 12.1 Å². The fourth-order valence-corrected chi connectivity index (χ4v) is 9.69. The summed E-state index contributed by atoms with van der Waals surface area (Å²) in [5.41, 5.74) is -0.911. The van der Waals surface area contributed by atoms with Gasteiger partial charge in [-0.15, -0.1) is 11.3 Å². The van der Waals surface area contributed by atoms with E-state index in [0.29, 0.717) is 53.1 Å². The van der Waals surface area contributed by atoms with Gasteiger partial charge in [-0.25, -0.2) is 18.4 Å². The molecule has 2 N–H and O–H groups in total. The third-order valence-corrected chi connectivity index (χ3v) is 12.1. The Labute approximate surface area is 338 Å². The molecular formula is C41H47F2N7O7S. The number of hydrogen-bond donors (Lipinski definition) is 2. The van der Waals surface area contributed by atoms with Crippen LogP contribution >= 0.6 is 11.3 Å². The highest BCUT2D eigenvalue weighted by molar-refractivity contribution is 7.23. The zero-order valence-corrected chi connectivity index (χ0v) is 34.4. The molecule has 8 rings (SSSR count). The molecule has 4 atom stereocenters. The standard InChI is InChI=1S/C41H47F2N7O7S/c1-40(2,3)56-38(52)47-36-24(13-44)29-28(58-36)11-10-27(42)32(29)30-25-18-54-19-26(25)31-34(33(30)43)45-37(55-17-22-12-23(51)16-48(22)7)46-35(31)50-20-8-9-21(50)15-49(14-20)39(53)57-41(4,5)6/h10-11,20-23,51H,8-9,12,14-19H2,1-7H3,(H,47,52)/t20?,21?,22-,23+/m0/s1. The van der Waals surface area contributed by atoms with Crippen LogP contribution in [-0.2, 0) is 27.4 Å². The summed E-state index contributed by atoms with van der Waals surface area (Å²) in [5.74, 6) is -1.19. The number of carbonyl (C=O) groups is 2. The van der Waals surface area contributed by atoms with Crippen LogP contribution in [-0.4, -0.2) is 106 Å². The number of anilines is 2. The molecule has 0 radical (unpaired) electrons. The van der Waals surface area contributed by atoms with E-state index in [4.69, 9.17) is 23.9 Å². The Morgan fingerprint density at radius 1 is 1.00 bits per heavy atom.